The molecule has 1 rings (SSSR count). The van der Waals surface area contributed by atoms with Crippen LogP contribution in [-0.4, -0.2) is 110 Å². The Morgan fingerprint density at radius 2 is 1.51 bits per heavy atom. The molecule has 0 unspecified atom stereocenters. The van der Waals surface area contributed by atoms with Gasteiger partial charge in [-0.2, -0.15) is 13.2 Å². The summed E-state index contributed by atoms with van der Waals surface area (Å²) in [5.74, 6) is -6.18. The maximum absolute atomic E-state index is 13.6. The summed E-state index contributed by atoms with van der Waals surface area (Å²) in [5, 5.41) is 15.2. The van der Waals surface area contributed by atoms with E-state index in [-0.39, 0.29) is 68.4 Å². The molecule has 0 spiro atoms. The van der Waals surface area contributed by atoms with E-state index in [9.17, 15) is 46.7 Å². The van der Waals surface area contributed by atoms with Crippen LogP contribution in [-0.2, 0) is 38.3 Å². The van der Waals surface area contributed by atoms with E-state index in [2.05, 4.69) is 35.6 Å². The Balaban J connectivity index is 0.00000377. The Morgan fingerprint density at radius 1 is 0.909 bits per heavy atom. The average Bonchev–Trinajstić information content (AvgIpc) is 3.39. The van der Waals surface area contributed by atoms with Crippen LogP contribution in [0.3, 0.4) is 0 Å². The number of nitrogens with two attached hydrogens (primary N) is 2. The molecule has 20 heteroatoms. The van der Waals surface area contributed by atoms with Crippen molar-refractivity contribution in [3.05, 3.63) is 12.2 Å². The molecule has 0 aromatic carbocycles. The minimum absolute atomic E-state index is 0.156. The van der Waals surface area contributed by atoms with Gasteiger partial charge in [-0.05, 0) is 63.5 Å². The van der Waals surface area contributed by atoms with Gasteiger partial charge in [-0.15, -0.1) is 0 Å². The van der Waals surface area contributed by atoms with Gasteiger partial charge in [-0.1, -0.05) is 39.9 Å². The van der Waals surface area contributed by atoms with Gasteiger partial charge < -0.3 is 37.3 Å². The number of imide groups is 1. The zero-order chi connectivity index (χ0) is 42.4. The zero-order valence-corrected chi connectivity index (χ0v) is 33.4. The molecular formula is C35H59F3N6O10Si. The number of urea groups is 1. The van der Waals surface area contributed by atoms with Gasteiger partial charge in [0.25, 0.3) is 11.8 Å². The molecular weight excluding hydrogens is 749 g/mol. The smallest absolute Gasteiger partial charge is 0.475 e. The second kappa shape index (κ2) is 25.7. The molecule has 0 saturated carbocycles. The molecule has 55 heavy (non-hydrogen) atoms. The maximum Gasteiger partial charge on any atom is 0.490 e. The first-order valence-electron chi connectivity index (χ1n) is 18.4. The summed E-state index contributed by atoms with van der Waals surface area (Å²) in [6, 6.07) is -1.65. The Kier molecular flexibility index (Phi) is 23.7. The highest BCUT2D eigenvalue weighted by atomic mass is 28.3. The number of alkyl halides is 3. The number of rotatable bonds is 25. The van der Waals surface area contributed by atoms with Gasteiger partial charge in [0.2, 0.25) is 11.8 Å². The zero-order valence-electron chi connectivity index (χ0n) is 32.4. The molecule has 0 saturated heterocycles. The molecule has 314 valence electrons. The number of hydrogen-bond donors (Lipinski definition) is 6. The fourth-order valence-corrected chi connectivity index (χ4v) is 5.81. The number of amides is 6. The van der Waals surface area contributed by atoms with Gasteiger partial charge in [0.05, 0.1) is 12.6 Å². The fourth-order valence-electron chi connectivity index (χ4n) is 5.09. The lowest BCUT2D eigenvalue weighted by Crippen LogP contribution is -2.48. The van der Waals surface area contributed by atoms with Gasteiger partial charge in [0, 0.05) is 52.1 Å². The quantitative estimate of drug-likeness (QED) is 0.0338. The van der Waals surface area contributed by atoms with Crippen molar-refractivity contribution in [3.63, 3.8) is 0 Å². The lowest BCUT2D eigenvalue weighted by Gasteiger charge is -2.25. The van der Waals surface area contributed by atoms with E-state index < -0.39 is 56.1 Å². The van der Waals surface area contributed by atoms with Crippen LogP contribution in [0.1, 0.15) is 78.1 Å². The summed E-state index contributed by atoms with van der Waals surface area (Å²) in [4.78, 5) is 97.6. The van der Waals surface area contributed by atoms with Crippen LogP contribution in [0.15, 0.2) is 12.2 Å². The number of nitrogens with one attached hydrogen (secondary N) is 3. The number of halogens is 3. The molecule has 0 aromatic heterocycles. The van der Waals surface area contributed by atoms with Gasteiger partial charge in [-0.25, -0.2) is 14.4 Å². The van der Waals surface area contributed by atoms with Gasteiger partial charge in [0.15, 0.2) is 5.78 Å². The highest BCUT2D eigenvalue weighted by Gasteiger charge is 2.38. The minimum atomic E-state index is -5.08. The third kappa shape index (κ3) is 23.3. The van der Waals surface area contributed by atoms with E-state index in [0.717, 1.165) is 10.9 Å². The molecule has 8 N–H and O–H groups in total. The Labute approximate surface area is 321 Å². The summed E-state index contributed by atoms with van der Waals surface area (Å²) in [6.07, 6.45) is 1.22. The average molecular weight is 809 g/mol. The number of aliphatic carboxylic acids is 1. The third-order valence-corrected chi connectivity index (χ3v) is 9.95. The number of Topliss-reactive ketones (excluding diaryl/α,β-unsaturated/α-hetero) is 1. The molecule has 3 atom stereocenters. The van der Waals surface area contributed by atoms with Crippen LogP contribution in [0.25, 0.3) is 0 Å². The molecule has 0 radical (unpaired) electrons. The predicted molar refractivity (Wildman–Crippen MR) is 199 cm³/mol. The topological polar surface area (TPSA) is 257 Å². The van der Waals surface area contributed by atoms with E-state index in [4.69, 9.17) is 26.1 Å². The largest absolute Gasteiger partial charge is 0.490 e. The number of nitrogens with zero attached hydrogens (tertiary/aromatic N) is 1. The second-order valence-electron chi connectivity index (χ2n) is 14.7. The van der Waals surface area contributed by atoms with E-state index in [1.807, 2.05) is 0 Å². The van der Waals surface area contributed by atoms with Crippen LogP contribution in [0.5, 0.6) is 0 Å². The standard InChI is InChI=1S/C33H58N6O8Si.C2HF3O2/c1-23(2)30(38-27(41)14-7-6-10-19-39-28(42)15-16-29(39)43)26(40)22-24(12-11-18-36-33(35)46)31(44)37-25(13-8-9-17-34)32(45)47-20-21-48(3,4)5;3-2(4,5)1(6)7/h15-16,23-25,30H,6-14,17-22,34H2,1-5H3,(H,37,44)(H,38,41)(H3,35,36,46);(H,6,7)/t24-,25+,30+;/m1./s1. The fraction of sp³-hybridized carbons (Fsp3) is 0.714. The molecule has 16 nitrogen and oxygen atoms in total. The summed E-state index contributed by atoms with van der Waals surface area (Å²) in [6.45, 7) is 11.3. The van der Waals surface area contributed by atoms with E-state index >= 15 is 0 Å². The molecule has 1 heterocycles. The van der Waals surface area contributed by atoms with Crippen molar-refractivity contribution < 1.29 is 61.4 Å². The number of primary amides is 1. The summed E-state index contributed by atoms with van der Waals surface area (Å²) >= 11 is 0. The molecule has 6 amide bonds. The third-order valence-electron chi connectivity index (χ3n) is 8.25. The van der Waals surface area contributed by atoms with Crippen molar-refractivity contribution in [2.45, 2.75) is 122 Å². The van der Waals surface area contributed by atoms with Crippen molar-refractivity contribution >= 4 is 55.5 Å². The highest BCUT2D eigenvalue weighted by Crippen LogP contribution is 2.19. The van der Waals surface area contributed by atoms with Crippen molar-refractivity contribution in [2.24, 2.45) is 23.3 Å². The maximum atomic E-state index is 13.6. The molecule has 0 fully saturated rings. The molecule has 1 aliphatic rings. The lowest BCUT2D eigenvalue weighted by atomic mass is 9.89. The van der Waals surface area contributed by atoms with Crippen LogP contribution >= 0.6 is 0 Å². The molecule has 0 aliphatic carbocycles. The number of esters is 1. The Hall–Kier alpha value is -4.33. The van der Waals surface area contributed by atoms with E-state index in [0.29, 0.717) is 51.5 Å². The second-order valence-corrected chi connectivity index (χ2v) is 20.3. The number of carbonyl (C=O) groups excluding carboxylic acids is 7. The number of carbonyl (C=O) groups is 8. The van der Waals surface area contributed by atoms with Crippen LogP contribution in [0.2, 0.25) is 25.7 Å². The van der Waals surface area contributed by atoms with E-state index in [1.54, 1.807) is 13.8 Å². The van der Waals surface area contributed by atoms with Crippen molar-refractivity contribution in [2.75, 3.05) is 26.2 Å². The summed E-state index contributed by atoms with van der Waals surface area (Å²) < 4.78 is 37.3. The predicted octanol–water partition coefficient (Wildman–Crippen LogP) is 2.77. The monoisotopic (exact) mass is 808 g/mol. The molecule has 0 bridgehead atoms. The number of ether oxygens (including phenoxy) is 1. The van der Waals surface area contributed by atoms with Crippen molar-refractivity contribution in [1.82, 2.24) is 20.9 Å². The van der Waals surface area contributed by atoms with Crippen LogP contribution in [0, 0.1) is 11.8 Å². The number of unbranched alkanes of at least 4 members (excludes halogenated alkanes) is 3. The first kappa shape index (κ1) is 50.7. The minimum Gasteiger partial charge on any atom is -0.475 e. The van der Waals surface area contributed by atoms with Crippen LogP contribution in [0.4, 0.5) is 18.0 Å². The summed E-state index contributed by atoms with van der Waals surface area (Å²) in [5.41, 5.74) is 10.8. The SMILES string of the molecule is CC(C)[C@H](NC(=O)CCCCCN1C(=O)C=CC1=O)C(=O)C[C@@H](CCCNC(N)=O)C(=O)N[C@@H](CCCCN)C(=O)OCC[Si](C)(C)C.O=C(O)C(F)(F)F. The van der Waals surface area contributed by atoms with Crippen LogP contribution < -0.4 is 27.4 Å². The normalized spacial score (nSPS) is 14.4. The number of hydrogen-bond acceptors (Lipinski definition) is 10. The van der Waals surface area contributed by atoms with Gasteiger partial charge in [-0.3, -0.25) is 28.9 Å². The number of ketones is 1. The van der Waals surface area contributed by atoms with E-state index in [1.165, 1.54) is 12.2 Å². The Bertz CT molecular complexity index is 1320. The molecule has 0 aromatic rings. The lowest BCUT2D eigenvalue weighted by molar-refractivity contribution is -0.192. The van der Waals surface area contributed by atoms with Crippen molar-refractivity contribution in [3.8, 4) is 0 Å². The number of carboxylic acids is 1. The first-order chi connectivity index (χ1) is 25.5. The molecule has 1 aliphatic heterocycles. The van der Waals surface area contributed by atoms with Gasteiger partial charge >= 0.3 is 24.1 Å². The van der Waals surface area contributed by atoms with Crippen molar-refractivity contribution in [1.29, 1.82) is 0 Å². The summed E-state index contributed by atoms with van der Waals surface area (Å²) in [7, 11) is -1.45. The first-order valence-corrected chi connectivity index (χ1v) is 22.1. The Morgan fingerprint density at radius 3 is 2.02 bits per heavy atom. The highest BCUT2D eigenvalue weighted by molar-refractivity contribution is 6.76. The van der Waals surface area contributed by atoms with Gasteiger partial charge in [0.1, 0.15) is 6.04 Å². The number of carboxylic acid groups (broad SMARTS) is 1.